The predicted octanol–water partition coefficient (Wildman–Crippen LogP) is 3.30. The molecule has 0 bridgehead atoms. The normalized spacial score (nSPS) is 33.6. The van der Waals surface area contributed by atoms with Gasteiger partial charge in [0, 0.05) is 0 Å². The van der Waals surface area contributed by atoms with E-state index in [-0.39, 0.29) is 0 Å². The van der Waals surface area contributed by atoms with Gasteiger partial charge in [-0.15, -0.1) is 0 Å². The first-order valence-electron chi connectivity index (χ1n) is 6.32. The summed E-state index contributed by atoms with van der Waals surface area (Å²) >= 11 is 0. The highest BCUT2D eigenvalue weighted by atomic mass is 14.9. The van der Waals surface area contributed by atoms with E-state index in [4.69, 9.17) is 0 Å². The molecule has 0 radical (unpaired) electrons. The van der Waals surface area contributed by atoms with Crippen LogP contribution in [-0.4, -0.2) is 13.1 Å². The molecule has 0 spiro atoms. The first kappa shape index (κ1) is 12.0. The van der Waals surface area contributed by atoms with Crippen molar-refractivity contribution in [2.75, 3.05) is 13.1 Å². The molecule has 0 amide bonds. The molecule has 1 saturated carbocycles. The summed E-state index contributed by atoms with van der Waals surface area (Å²) in [5.74, 6) is 3.56. The Balaban J connectivity index is 2.26. The van der Waals surface area contributed by atoms with Gasteiger partial charge in [0.15, 0.2) is 0 Å². The Bertz CT molecular complexity index is 143. The molecule has 1 N–H and O–H groups in total. The molecule has 0 aromatic heterocycles. The van der Waals surface area contributed by atoms with Crippen LogP contribution in [0.1, 0.15) is 47.0 Å². The molecule has 0 saturated heterocycles. The van der Waals surface area contributed by atoms with Gasteiger partial charge < -0.3 is 5.32 Å². The first-order chi connectivity index (χ1) is 6.61. The molecule has 2 unspecified atom stereocenters. The SMILES string of the molecule is CC(C)CNCC1C(C)CCCC1C. The van der Waals surface area contributed by atoms with Gasteiger partial charge in [0.25, 0.3) is 0 Å². The van der Waals surface area contributed by atoms with Crippen molar-refractivity contribution < 1.29 is 0 Å². The second-order valence-electron chi connectivity index (χ2n) is 5.60. The zero-order valence-electron chi connectivity index (χ0n) is 10.3. The fourth-order valence-corrected chi connectivity index (χ4v) is 2.69. The Hall–Kier alpha value is -0.0400. The molecule has 1 fully saturated rings. The van der Waals surface area contributed by atoms with Crippen LogP contribution >= 0.6 is 0 Å². The second-order valence-corrected chi connectivity index (χ2v) is 5.60. The zero-order chi connectivity index (χ0) is 10.6. The van der Waals surface area contributed by atoms with Crippen molar-refractivity contribution in [3.8, 4) is 0 Å². The maximum atomic E-state index is 3.62. The highest BCUT2D eigenvalue weighted by molar-refractivity contribution is 4.79. The van der Waals surface area contributed by atoms with Crippen LogP contribution in [0, 0.1) is 23.7 Å². The van der Waals surface area contributed by atoms with E-state index in [9.17, 15) is 0 Å². The van der Waals surface area contributed by atoms with Gasteiger partial charge in [-0.05, 0) is 36.8 Å². The Kier molecular flexibility index (Phi) is 4.94. The molecule has 1 nitrogen and oxygen atoms in total. The largest absolute Gasteiger partial charge is 0.316 e. The van der Waals surface area contributed by atoms with Crippen LogP contribution in [0.25, 0.3) is 0 Å². The van der Waals surface area contributed by atoms with E-state index < -0.39 is 0 Å². The fourth-order valence-electron chi connectivity index (χ4n) is 2.69. The Morgan fingerprint density at radius 2 is 1.71 bits per heavy atom. The van der Waals surface area contributed by atoms with Gasteiger partial charge in [-0.1, -0.05) is 47.0 Å². The van der Waals surface area contributed by atoms with E-state index in [0.29, 0.717) is 0 Å². The van der Waals surface area contributed by atoms with Gasteiger partial charge in [-0.3, -0.25) is 0 Å². The van der Waals surface area contributed by atoms with Crippen LogP contribution in [0.5, 0.6) is 0 Å². The fraction of sp³-hybridized carbons (Fsp3) is 1.00. The average Bonchev–Trinajstić information content (AvgIpc) is 2.09. The van der Waals surface area contributed by atoms with Crippen molar-refractivity contribution in [1.29, 1.82) is 0 Å². The minimum atomic E-state index is 0.782. The summed E-state index contributed by atoms with van der Waals surface area (Å²) < 4.78 is 0. The molecule has 2 atom stereocenters. The van der Waals surface area contributed by atoms with E-state index in [0.717, 1.165) is 23.7 Å². The van der Waals surface area contributed by atoms with E-state index in [1.54, 1.807) is 0 Å². The first-order valence-corrected chi connectivity index (χ1v) is 6.32. The van der Waals surface area contributed by atoms with Crippen LogP contribution in [-0.2, 0) is 0 Å². The standard InChI is InChI=1S/C13H27N/c1-10(2)8-14-9-13-11(3)6-5-7-12(13)4/h10-14H,5-9H2,1-4H3. The van der Waals surface area contributed by atoms with Crippen molar-refractivity contribution >= 4 is 0 Å². The second kappa shape index (κ2) is 5.75. The summed E-state index contributed by atoms with van der Waals surface area (Å²) in [5, 5.41) is 3.62. The van der Waals surface area contributed by atoms with Crippen molar-refractivity contribution in [3.63, 3.8) is 0 Å². The average molecular weight is 197 g/mol. The lowest BCUT2D eigenvalue weighted by atomic mass is 9.73. The topological polar surface area (TPSA) is 12.0 Å². The lowest BCUT2D eigenvalue weighted by Gasteiger charge is -2.35. The van der Waals surface area contributed by atoms with Gasteiger partial charge in [-0.2, -0.15) is 0 Å². The molecule has 84 valence electrons. The van der Waals surface area contributed by atoms with Crippen molar-refractivity contribution in [1.82, 2.24) is 5.32 Å². The summed E-state index contributed by atoms with van der Waals surface area (Å²) in [7, 11) is 0. The van der Waals surface area contributed by atoms with Crippen molar-refractivity contribution in [2.24, 2.45) is 23.7 Å². The van der Waals surface area contributed by atoms with Crippen LogP contribution in [0.4, 0.5) is 0 Å². The Morgan fingerprint density at radius 3 is 2.21 bits per heavy atom. The number of nitrogens with one attached hydrogen (secondary N) is 1. The number of hydrogen-bond acceptors (Lipinski definition) is 1. The lowest BCUT2D eigenvalue weighted by Crippen LogP contribution is -2.35. The molecular formula is C13H27N. The molecule has 0 heterocycles. The van der Waals surface area contributed by atoms with Gasteiger partial charge >= 0.3 is 0 Å². The third-order valence-corrected chi connectivity index (χ3v) is 3.71. The van der Waals surface area contributed by atoms with E-state index in [2.05, 4.69) is 33.0 Å². The van der Waals surface area contributed by atoms with Crippen LogP contribution in [0.2, 0.25) is 0 Å². The van der Waals surface area contributed by atoms with E-state index in [1.165, 1.54) is 32.4 Å². The maximum Gasteiger partial charge on any atom is -0.00153 e. The maximum absolute atomic E-state index is 3.62. The number of hydrogen-bond donors (Lipinski definition) is 1. The third-order valence-electron chi connectivity index (χ3n) is 3.71. The van der Waals surface area contributed by atoms with Crippen LogP contribution in [0.3, 0.4) is 0 Å². The summed E-state index contributed by atoms with van der Waals surface area (Å²) in [5.41, 5.74) is 0. The molecule has 1 rings (SSSR count). The quantitative estimate of drug-likeness (QED) is 0.729. The lowest BCUT2D eigenvalue weighted by molar-refractivity contribution is 0.173. The zero-order valence-corrected chi connectivity index (χ0v) is 10.3. The van der Waals surface area contributed by atoms with E-state index >= 15 is 0 Å². The third kappa shape index (κ3) is 3.61. The van der Waals surface area contributed by atoms with Crippen LogP contribution < -0.4 is 5.32 Å². The minimum absolute atomic E-state index is 0.782. The smallest absolute Gasteiger partial charge is 0.00153 e. The Labute approximate surface area is 89.7 Å². The number of rotatable bonds is 4. The monoisotopic (exact) mass is 197 g/mol. The van der Waals surface area contributed by atoms with E-state index in [1.807, 2.05) is 0 Å². The molecule has 0 aliphatic heterocycles. The highest BCUT2D eigenvalue weighted by Crippen LogP contribution is 2.33. The summed E-state index contributed by atoms with van der Waals surface area (Å²) in [6, 6.07) is 0. The van der Waals surface area contributed by atoms with Crippen molar-refractivity contribution in [2.45, 2.75) is 47.0 Å². The van der Waals surface area contributed by atoms with Gasteiger partial charge in [0.2, 0.25) is 0 Å². The molecule has 1 aliphatic rings. The molecule has 1 aliphatic carbocycles. The molecular weight excluding hydrogens is 170 g/mol. The van der Waals surface area contributed by atoms with Crippen molar-refractivity contribution in [3.05, 3.63) is 0 Å². The summed E-state index contributed by atoms with van der Waals surface area (Å²) in [4.78, 5) is 0. The summed E-state index contributed by atoms with van der Waals surface area (Å²) in [6.45, 7) is 11.8. The molecule has 1 heteroatoms. The van der Waals surface area contributed by atoms with Crippen LogP contribution in [0.15, 0.2) is 0 Å². The predicted molar refractivity (Wildman–Crippen MR) is 63.4 cm³/mol. The van der Waals surface area contributed by atoms with Gasteiger partial charge in [0.1, 0.15) is 0 Å². The molecule has 0 aromatic carbocycles. The molecule has 0 aromatic rings. The van der Waals surface area contributed by atoms with Gasteiger partial charge in [-0.25, -0.2) is 0 Å². The molecule has 14 heavy (non-hydrogen) atoms. The van der Waals surface area contributed by atoms with Gasteiger partial charge in [0.05, 0.1) is 0 Å². The Morgan fingerprint density at radius 1 is 1.14 bits per heavy atom. The highest BCUT2D eigenvalue weighted by Gasteiger charge is 2.26. The summed E-state index contributed by atoms with van der Waals surface area (Å²) in [6.07, 6.45) is 4.33. The minimum Gasteiger partial charge on any atom is -0.316 e.